The molecule has 0 atom stereocenters. The standard InChI is InChI=1S/C20H14BrN3O2S/c1-12(13-6-8-15(21)9-7-13)23-24-20-22-17(11-27-20)16-10-14-4-2-3-5-18(14)26-19(16)25/h2-11H,1H3,(H,22,24)/b23-12+. The zero-order chi connectivity index (χ0) is 18.8. The molecular formula is C20H14BrN3O2S. The summed E-state index contributed by atoms with van der Waals surface area (Å²) in [7, 11) is 0. The van der Waals surface area contributed by atoms with E-state index in [1.807, 2.05) is 54.8 Å². The van der Waals surface area contributed by atoms with E-state index in [0.29, 0.717) is 22.0 Å². The molecule has 4 rings (SSSR count). The minimum Gasteiger partial charge on any atom is -0.422 e. The molecule has 0 spiro atoms. The van der Waals surface area contributed by atoms with Crippen molar-refractivity contribution in [1.82, 2.24) is 4.98 Å². The number of hydrazone groups is 1. The Labute approximate surface area is 167 Å². The first-order valence-electron chi connectivity index (χ1n) is 8.15. The Morgan fingerprint density at radius 3 is 2.78 bits per heavy atom. The summed E-state index contributed by atoms with van der Waals surface area (Å²) in [6.07, 6.45) is 0. The van der Waals surface area contributed by atoms with E-state index in [9.17, 15) is 4.79 Å². The zero-order valence-corrected chi connectivity index (χ0v) is 16.7. The highest BCUT2D eigenvalue weighted by atomic mass is 79.9. The number of nitrogens with zero attached hydrogens (tertiary/aromatic N) is 2. The van der Waals surface area contributed by atoms with E-state index in [1.54, 1.807) is 12.1 Å². The molecule has 27 heavy (non-hydrogen) atoms. The summed E-state index contributed by atoms with van der Waals surface area (Å²) >= 11 is 4.80. The zero-order valence-electron chi connectivity index (χ0n) is 14.3. The van der Waals surface area contributed by atoms with Crippen molar-refractivity contribution < 1.29 is 4.42 Å². The molecular weight excluding hydrogens is 426 g/mol. The Balaban J connectivity index is 1.58. The van der Waals surface area contributed by atoms with Gasteiger partial charge in [-0.25, -0.2) is 9.78 Å². The normalized spacial score (nSPS) is 11.7. The van der Waals surface area contributed by atoms with Crippen molar-refractivity contribution in [3.8, 4) is 11.3 Å². The van der Waals surface area contributed by atoms with Crippen LogP contribution in [0.2, 0.25) is 0 Å². The molecule has 0 fully saturated rings. The van der Waals surface area contributed by atoms with Gasteiger partial charge in [-0.05, 0) is 36.8 Å². The average molecular weight is 440 g/mol. The molecule has 0 aliphatic heterocycles. The number of fused-ring (bicyclic) bond motifs is 1. The van der Waals surface area contributed by atoms with Crippen LogP contribution in [-0.4, -0.2) is 10.7 Å². The average Bonchev–Trinajstić information content (AvgIpc) is 3.15. The van der Waals surface area contributed by atoms with E-state index in [-0.39, 0.29) is 0 Å². The maximum absolute atomic E-state index is 12.3. The molecule has 0 aliphatic carbocycles. The van der Waals surface area contributed by atoms with Crippen LogP contribution in [0.1, 0.15) is 12.5 Å². The van der Waals surface area contributed by atoms with Gasteiger partial charge in [0.1, 0.15) is 5.58 Å². The fraction of sp³-hybridized carbons (Fsp3) is 0.0500. The topological polar surface area (TPSA) is 67.5 Å². The second kappa shape index (κ2) is 7.46. The first-order chi connectivity index (χ1) is 13.1. The van der Waals surface area contributed by atoms with Crippen LogP contribution in [0, 0.1) is 0 Å². The first kappa shape index (κ1) is 17.6. The molecule has 0 unspecified atom stereocenters. The maximum atomic E-state index is 12.3. The lowest BCUT2D eigenvalue weighted by atomic mass is 10.1. The van der Waals surface area contributed by atoms with Gasteiger partial charge in [-0.2, -0.15) is 5.10 Å². The number of thiazole rings is 1. The molecule has 0 saturated carbocycles. The number of rotatable bonds is 4. The fourth-order valence-corrected chi connectivity index (χ4v) is 3.49. The number of halogens is 1. The Bertz CT molecular complexity index is 1200. The SMILES string of the molecule is C/C(=N\Nc1nc(-c2cc3ccccc3oc2=O)cs1)c1ccc(Br)cc1. The van der Waals surface area contributed by atoms with Gasteiger partial charge in [0, 0.05) is 15.2 Å². The van der Waals surface area contributed by atoms with Gasteiger partial charge in [0.05, 0.1) is 17.0 Å². The summed E-state index contributed by atoms with van der Waals surface area (Å²) in [4.78, 5) is 16.7. The summed E-state index contributed by atoms with van der Waals surface area (Å²) in [5.41, 5.74) is 5.97. The summed E-state index contributed by atoms with van der Waals surface area (Å²) in [5.74, 6) is 0. The van der Waals surface area contributed by atoms with Crippen LogP contribution in [0.5, 0.6) is 0 Å². The second-order valence-corrected chi connectivity index (χ2v) is 7.61. The van der Waals surface area contributed by atoms with E-state index < -0.39 is 5.63 Å². The van der Waals surface area contributed by atoms with Crippen molar-refractivity contribution in [3.05, 3.63) is 80.4 Å². The van der Waals surface area contributed by atoms with Crippen molar-refractivity contribution in [2.75, 3.05) is 5.43 Å². The van der Waals surface area contributed by atoms with Gasteiger partial charge in [-0.3, -0.25) is 5.43 Å². The van der Waals surface area contributed by atoms with Crippen molar-refractivity contribution in [2.45, 2.75) is 6.92 Å². The highest BCUT2D eigenvalue weighted by molar-refractivity contribution is 9.10. The summed E-state index contributed by atoms with van der Waals surface area (Å²) < 4.78 is 6.40. The minimum absolute atomic E-state index is 0.403. The Hall–Kier alpha value is -2.77. The van der Waals surface area contributed by atoms with Gasteiger partial charge < -0.3 is 4.42 Å². The molecule has 2 aromatic heterocycles. The molecule has 0 radical (unpaired) electrons. The third-order valence-corrected chi connectivity index (χ3v) is 5.28. The quantitative estimate of drug-likeness (QED) is 0.258. The molecule has 0 bridgehead atoms. The van der Waals surface area contributed by atoms with E-state index in [2.05, 4.69) is 31.4 Å². The first-order valence-corrected chi connectivity index (χ1v) is 9.82. The van der Waals surface area contributed by atoms with Crippen LogP contribution in [0.3, 0.4) is 0 Å². The van der Waals surface area contributed by atoms with Gasteiger partial charge in [0.15, 0.2) is 0 Å². The monoisotopic (exact) mass is 439 g/mol. The molecule has 134 valence electrons. The van der Waals surface area contributed by atoms with E-state index in [4.69, 9.17) is 4.42 Å². The Morgan fingerprint density at radius 1 is 1.19 bits per heavy atom. The largest absolute Gasteiger partial charge is 0.422 e. The van der Waals surface area contributed by atoms with Gasteiger partial charge in [0.25, 0.3) is 0 Å². The van der Waals surface area contributed by atoms with Crippen LogP contribution in [0.25, 0.3) is 22.2 Å². The summed E-state index contributed by atoms with van der Waals surface area (Å²) in [6.45, 7) is 1.92. The predicted octanol–water partition coefficient (Wildman–Crippen LogP) is 5.52. The maximum Gasteiger partial charge on any atom is 0.345 e. The van der Waals surface area contributed by atoms with Crippen LogP contribution < -0.4 is 11.1 Å². The van der Waals surface area contributed by atoms with Crippen molar-refractivity contribution in [2.24, 2.45) is 5.10 Å². The third kappa shape index (κ3) is 3.84. The molecule has 2 aromatic carbocycles. The van der Waals surface area contributed by atoms with Crippen molar-refractivity contribution in [3.63, 3.8) is 0 Å². The molecule has 1 N–H and O–H groups in total. The smallest absolute Gasteiger partial charge is 0.345 e. The van der Waals surface area contributed by atoms with Gasteiger partial charge in [0.2, 0.25) is 5.13 Å². The van der Waals surface area contributed by atoms with Crippen LogP contribution in [0.15, 0.2) is 78.8 Å². The lowest BCUT2D eigenvalue weighted by molar-refractivity contribution is 0.563. The molecule has 2 heterocycles. The lowest BCUT2D eigenvalue weighted by Crippen LogP contribution is -2.03. The lowest BCUT2D eigenvalue weighted by Gasteiger charge is -2.01. The molecule has 5 nitrogen and oxygen atoms in total. The van der Waals surface area contributed by atoms with E-state index >= 15 is 0 Å². The molecule has 7 heteroatoms. The van der Waals surface area contributed by atoms with Gasteiger partial charge in [-0.1, -0.05) is 46.3 Å². The van der Waals surface area contributed by atoms with E-state index in [0.717, 1.165) is 21.1 Å². The van der Waals surface area contributed by atoms with E-state index in [1.165, 1.54) is 11.3 Å². The van der Waals surface area contributed by atoms with Crippen LogP contribution >= 0.6 is 27.3 Å². The van der Waals surface area contributed by atoms with Gasteiger partial charge in [-0.15, -0.1) is 11.3 Å². The molecule has 4 aromatic rings. The second-order valence-electron chi connectivity index (χ2n) is 5.84. The van der Waals surface area contributed by atoms with Crippen molar-refractivity contribution >= 4 is 49.1 Å². The predicted molar refractivity (Wildman–Crippen MR) is 114 cm³/mol. The number of hydrogen-bond donors (Lipinski definition) is 1. The summed E-state index contributed by atoms with van der Waals surface area (Å²) in [5, 5.41) is 7.65. The highest BCUT2D eigenvalue weighted by Gasteiger charge is 2.11. The Morgan fingerprint density at radius 2 is 1.96 bits per heavy atom. The number of aromatic nitrogens is 1. The number of hydrogen-bond acceptors (Lipinski definition) is 6. The van der Waals surface area contributed by atoms with Crippen molar-refractivity contribution in [1.29, 1.82) is 0 Å². The minimum atomic E-state index is -0.403. The number of para-hydroxylation sites is 1. The fourth-order valence-electron chi connectivity index (χ4n) is 2.58. The Kier molecular flexibility index (Phi) is 4.87. The van der Waals surface area contributed by atoms with Crippen LogP contribution in [-0.2, 0) is 0 Å². The highest BCUT2D eigenvalue weighted by Crippen LogP contribution is 2.25. The number of anilines is 1. The molecule has 0 aliphatic rings. The number of benzene rings is 2. The number of nitrogens with one attached hydrogen (secondary N) is 1. The molecule has 0 saturated heterocycles. The van der Waals surface area contributed by atoms with Crippen LogP contribution in [0.4, 0.5) is 5.13 Å². The van der Waals surface area contributed by atoms with Gasteiger partial charge >= 0.3 is 5.63 Å². The third-order valence-electron chi connectivity index (χ3n) is 4.00. The summed E-state index contributed by atoms with van der Waals surface area (Å²) in [6, 6.07) is 17.1. The molecule has 0 amide bonds.